The predicted octanol–water partition coefficient (Wildman–Crippen LogP) is 0.493. The maximum atomic E-state index is 12.5. The lowest BCUT2D eigenvalue weighted by Gasteiger charge is -2.33. The summed E-state index contributed by atoms with van der Waals surface area (Å²) in [5.41, 5.74) is 6.29. The molecule has 3 N–H and O–H groups in total. The molecule has 2 atom stereocenters. The first-order valence-corrected chi connectivity index (χ1v) is 8.53. The van der Waals surface area contributed by atoms with Crippen LogP contribution in [0.3, 0.4) is 0 Å². The monoisotopic (exact) mass is 305 g/mol. The minimum Gasteiger partial charge on any atom is -0.328 e. The molecular formula is C11H19N3O3S2. The molecule has 2 heterocycles. The van der Waals surface area contributed by atoms with E-state index in [0.29, 0.717) is 18.8 Å². The molecule has 0 aromatic carbocycles. The molecular weight excluding hydrogens is 286 g/mol. The Kier molecular flexibility index (Phi) is 4.14. The normalized spacial score (nSPS) is 23.4. The van der Waals surface area contributed by atoms with Gasteiger partial charge in [0.1, 0.15) is 0 Å². The van der Waals surface area contributed by atoms with Crippen molar-refractivity contribution in [2.45, 2.75) is 36.9 Å². The van der Waals surface area contributed by atoms with Crippen LogP contribution in [-0.4, -0.2) is 36.8 Å². The van der Waals surface area contributed by atoms with Crippen molar-refractivity contribution in [3.8, 4) is 0 Å². The Balaban J connectivity index is 2.29. The number of aromatic nitrogens is 1. The second-order valence-corrected chi connectivity index (χ2v) is 8.17. The molecule has 1 aliphatic heterocycles. The summed E-state index contributed by atoms with van der Waals surface area (Å²) >= 11 is 0.753. The molecule has 2 unspecified atom stereocenters. The van der Waals surface area contributed by atoms with Crippen LogP contribution in [0.15, 0.2) is 9.00 Å². The van der Waals surface area contributed by atoms with Crippen LogP contribution in [-0.2, 0) is 10.0 Å². The smallest absolute Gasteiger partial charge is 0.305 e. The Morgan fingerprint density at radius 1 is 1.53 bits per heavy atom. The van der Waals surface area contributed by atoms with Crippen LogP contribution < -0.4 is 10.6 Å². The van der Waals surface area contributed by atoms with Crippen molar-refractivity contribution in [3.05, 3.63) is 15.4 Å². The Hall–Kier alpha value is -0.700. The number of aryl methyl sites for hydroxylation is 1. The van der Waals surface area contributed by atoms with Crippen LogP contribution >= 0.6 is 11.3 Å². The molecule has 2 rings (SSSR count). The van der Waals surface area contributed by atoms with E-state index in [-0.39, 0.29) is 21.0 Å². The SMILES string of the molecule is Cc1[nH]c(=O)sc1S(=O)(=O)N1CCCC(C(C)N)C1. The lowest BCUT2D eigenvalue weighted by molar-refractivity contribution is 0.243. The molecule has 1 aromatic rings. The van der Waals surface area contributed by atoms with Gasteiger partial charge in [-0.25, -0.2) is 8.42 Å². The Morgan fingerprint density at radius 3 is 2.74 bits per heavy atom. The van der Waals surface area contributed by atoms with Crippen LogP contribution in [0.4, 0.5) is 0 Å². The first-order valence-electron chi connectivity index (χ1n) is 6.28. The van der Waals surface area contributed by atoms with Crippen molar-refractivity contribution in [2.75, 3.05) is 13.1 Å². The number of sulfonamides is 1. The molecule has 0 amide bonds. The number of H-pyrrole nitrogens is 1. The fraction of sp³-hybridized carbons (Fsp3) is 0.727. The zero-order valence-electron chi connectivity index (χ0n) is 11.0. The summed E-state index contributed by atoms with van der Waals surface area (Å²) in [6.07, 6.45) is 1.76. The fourth-order valence-corrected chi connectivity index (χ4v) is 5.35. The van der Waals surface area contributed by atoms with E-state index in [0.717, 1.165) is 24.2 Å². The number of thiazole rings is 1. The number of nitrogens with one attached hydrogen (secondary N) is 1. The second-order valence-electron chi connectivity index (χ2n) is 5.05. The summed E-state index contributed by atoms with van der Waals surface area (Å²) in [4.78, 5) is 13.5. The van der Waals surface area contributed by atoms with E-state index in [1.54, 1.807) is 6.92 Å². The van der Waals surface area contributed by atoms with E-state index in [1.165, 1.54) is 4.31 Å². The van der Waals surface area contributed by atoms with Crippen LogP contribution in [0.1, 0.15) is 25.5 Å². The van der Waals surface area contributed by atoms with E-state index in [9.17, 15) is 13.2 Å². The first-order chi connectivity index (χ1) is 8.82. The summed E-state index contributed by atoms with van der Waals surface area (Å²) in [7, 11) is -3.57. The molecule has 0 aliphatic carbocycles. The Bertz CT molecular complexity index is 603. The average molecular weight is 305 g/mol. The molecule has 8 heteroatoms. The standard InChI is InChI=1S/C11H19N3O3S2/c1-7(12)9-4-3-5-14(6-9)19(16,17)10-8(2)13-11(15)18-10/h7,9H,3-6,12H2,1-2H3,(H,13,15). The third-order valence-corrected chi connectivity index (χ3v) is 6.97. The third kappa shape index (κ3) is 2.91. The van der Waals surface area contributed by atoms with E-state index < -0.39 is 10.0 Å². The second kappa shape index (κ2) is 5.35. The fourth-order valence-electron chi connectivity index (χ4n) is 2.38. The molecule has 0 spiro atoms. The van der Waals surface area contributed by atoms with Gasteiger partial charge in [0.2, 0.25) is 0 Å². The van der Waals surface area contributed by atoms with Gasteiger partial charge in [-0.2, -0.15) is 4.31 Å². The van der Waals surface area contributed by atoms with Crippen LogP contribution in [0.25, 0.3) is 0 Å². The van der Waals surface area contributed by atoms with Crippen LogP contribution in [0, 0.1) is 12.8 Å². The molecule has 0 saturated carbocycles. The third-order valence-electron chi connectivity index (χ3n) is 3.52. The minimum absolute atomic E-state index is 0.0240. The summed E-state index contributed by atoms with van der Waals surface area (Å²) in [5, 5.41) is 0. The number of aromatic amines is 1. The molecule has 0 bridgehead atoms. The highest BCUT2D eigenvalue weighted by atomic mass is 32.2. The topological polar surface area (TPSA) is 96.3 Å². The number of hydrogen-bond acceptors (Lipinski definition) is 5. The van der Waals surface area contributed by atoms with Gasteiger partial charge in [-0.1, -0.05) is 11.3 Å². The molecule has 1 aliphatic rings. The molecule has 1 fully saturated rings. The van der Waals surface area contributed by atoms with E-state index >= 15 is 0 Å². The van der Waals surface area contributed by atoms with E-state index in [1.807, 2.05) is 6.92 Å². The number of piperidine rings is 1. The largest absolute Gasteiger partial charge is 0.328 e. The lowest BCUT2D eigenvalue weighted by Crippen LogP contribution is -2.44. The molecule has 108 valence electrons. The number of hydrogen-bond donors (Lipinski definition) is 2. The van der Waals surface area contributed by atoms with Gasteiger partial charge in [0.15, 0.2) is 4.21 Å². The summed E-state index contributed by atoms with van der Waals surface area (Å²) < 4.78 is 26.6. The van der Waals surface area contributed by atoms with Gasteiger partial charge in [0, 0.05) is 24.8 Å². The van der Waals surface area contributed by atoms with Crippen LogP contribution in [0.2, 0.25) is 0 Å². The Morgan fingerprint density at radius 2 is 2.21 bits per heavy atom. The maximum Gasteiger partial charge on any atom is 0.305 e. The van der Waals surface area contributed by atoms with E-state index in [2.05, 4.69) is 4.98 Å². The maximum absolute atomic E-state index is 12.5. The van der Waals surface area contributed by atoms with Crippen molar-refractivity contribution in [1.82, 2.24) is 9.29 Å². The van der Waals surface area contributed by atoms with Crippen molar-refractivity contribution in [2.24, 2.45) is 11.7 Å². The zero-order chi connectivity index (χ0) is 14.2. The predicted molar refractivity (Wildman–Crippen MR) is 74.8 cm³/mol. The van der Waals surface area contributed by atoms with Gasteiger partial charge in [0.05, 0.1) is 0 Å². The molecule has 19 heavy (non-hydrogen) atoms. The minimum atomic E-state index is -3.57. The number of nitrogens with two attached hydrogens (primary N) is 1. The molecule has 6 nitrogen and oxygen atoms in total. The highest BCUT2D eigenvalue weighted by Gasteiger charge is 2.33. The van der Waals surface area contributed by atoms with Crippen molar-refractivity contribution in [1.29, 1.82) is 0 Å². The highest BCUT2D eigenvalue weighted by Crippen LogP contribution is 2.27. The summed E-state index contributed by atoms with van der Waals surface area (Å²) in [6.45, 7) is 4.45. The van der Waals surface area contributed by atoms with Crippen molar-refractivity contribution < 1.29 is 8.42 Å². The average Bonchev–Trinajstić information content (AvgIpc) is 2.69. The van der Waals surface area contributed by atoms with Gasteiger partial charge in [-0.3, -0.25) is 4.79 Å². The van der Waals surface area contributed by atoms with Gasteiger partial charge in [0.25, 0.3) is 10.0 Å². The van der Waals surface area contributed by atoms with Crippen molar-refractivity contribution in [3.63, 3.8) is 0 Å². The van der Waals surface area contributed by atoms with Gasteiger partial charge in [-0.15, -0.1) is 0 Å². The highest BCUT2D eigenvalue weighted by molar-refractivity contribution is 7.91. The lowest BCUT2D eigenvalue weighted by atomic mass is 9.93. The van der Waals surface area contributed by atoms with E-state index in [4.69, 9.17) is 5.73 Å². The quantitative estimate of drug-likeness (QED) is 0.849. The number of rotatable bonds is 3. The van der Waals surface area contributed by atoms with Crippen LogP contribution in [0.5, 0.6) is 0 Å². The molecule has 1 aromatic heterocycles. The Labute approximate surface area is 116 Å². The summed E-state index contributed by atoms with van der Waals surface area (Å²) in [5.74, 6) is 0.180. The van der Waals surface area contributed by atoms with Crippen molar-refractivity contribution >= 4 is 21.4 Å². The summed E-state index contributed by atoms with van der Waals surface area (Å²) in [6, 6.07) is -0.0240. The van der Waals surface area contributed by atoms with Gasteiger partial charge < -0.3 is 10.7 Å². The molecule has 0 radical (unpaired) electrons. The molecule has 1 saturated heterocycles. The van der Waals surface area contributed by atoms with Gasteiger partial charge >= 0.3 is 4.87 Å². The zero-order valence-corrected chi connectivity index (χ0v) is 12.7. The first kappa shape index (κ1) is 14.7. The number of nitrogens with zero attached hydrogens (tertiary/aromatic N) is 1. The van der Waals surface area contributed by atoms with Gasteiger partial charge in [-0.05, 0) is 32.6 Å².